The van der Waals surface area contributed by atoms with E-state index in [0.717, 1.165) is 0 Å². The van der Waals surface area contributed by atoms with Gasteiger partial charge in [0.25, 0.3) is 11.7 Å². The molecule has 0 atom stereocenters. The van der Waals surface area contributed by atoms with E-state index in [1.54, 1.807) is 0 Å². The van der Waals surface area contributed by atoms with Crippen molar-refractivity contribution in [3.63, 3.8) is 0 Å². The number of aromatic hydroxyl groups is 1. The van der Waals surface area contributed by atoms with Crippen molar-refractivity contribution < 1.29 is 19.8 Å². The molecule has 0 aliphatic carbocycles. The summed E-state index contributed by atoms with van der Waals surface area (Å²) in [5.74, 6) is -1.34. The monoisotopic (exact) mass is 221 g/mol. The van der Waals surface area contributed by atoms with Gasteiger partial charge in [-0.05, 0) is 18.6 Å². The molecule has 2 N–H and O–H groups in total. The number of carbonyl (C=O) groups is 2. The van der Waals surface area contributed by atoms with Gasteiger partial charge in [0, 0.05) is 13.2 Å². The molecule has 1 aromatic rings. The molecule has 0 bridgehead atoms. The number of Topliss-reactive ketones (excluding diaryl/α,β-unsaturated/α-hetero) is 1. The molecule has 0 fully saturated rings. The van der Waals surface area contributed by atoms with Crippen LogP contribution in [0.3, 0.4) is 0 Å². The first-order valence-electron chi connectivity index (χ1n) is 4.96. The van der Waals surface area contributed by atoms with Gasteiger partial charge in [0.05, 0.1) is 11.3 Å². The molecule has 0 aromatic heterocycles. The van der Waals surface area contributed by atoms with Gasteiger partial charge < -0.3 is 15.1 Å². The summed E-state index contributed by atoms with van der Waals surface area (Å²) in [6, 6.07) is 4.46. The predicted octanol–water partition coefficient (Wildman–Crippen LogP) is 0.304. The number of carbonyl (C=O) groups excluding carboxylic acids is 2. The minimum atomic E-state index is -0.648. The van der Waals surface area contributed by atoms with Crippen LogP contribution in [0.5, 0.6) is 5.75 Å². The largest absolute Gasteiger partial charge is 0.506 e. The molecule has 1 amide bonds. The highest BCUT2D eigenvalue weighted by atomic mass is 16.3. The minimum Gasteiger partial charge on any atom is -0.506 e. The number of phenols is 1. The molecule has 0 unspecified atom stereocenters. The summed E-state index contributed by atoms with van der Waals surface area (Å²) in [4.78, 5) is 24.4. The molecule has 1 aromatic carbocycles. The van der Waals surface area contributed by atoms with Gasteiger partial charge in [-0.15, -0.1) is 0 Å². The Kier molecular flexibility index (Phi) is 2.62. The molecule has 0 radical (unpaired) electrons. The molecule has 1 aliphatic rings. The highest BCUT2D eigenvalue weighted by Gasteiger charge is 2.37. The number of benzene rings is 1. The topological polar surface area (TPSA) is 77.8 Å². The van der Waals surface area contributed by atoms with Crippen molar-refractivity contribution in [2.24, 2.45) is 0 Å². The van der Waals surface area contributed by atoms with Crippen LogP contribution in [0.15, 0.2) is 18.2 Å². The van der Waals surface area contributed by atoms with Gasteiger partial charge in [-0.3, -0.25) is 9.59 Å². The number of phenolic OH excluding ortho intramolecular Hbond substituents is 1. The lowest BCUT2D eigenvalue weighted by atomic mass is 10.1. The van der Waals surface area contributed by atoms with E-state index in [1.165, 1.54) is 23.1 Å². The number of hydrogen-bond acceptors (Lipinski definition) is 4. The number of aliphatic hydroxyl groups excluding tert-OH is 1. The van der Waals surface area contributed by atoms with Crippen molar-refractivity contribution in [1.29, 1.82) is 0 Å². The smallest absolute Gasteiger partial charge is 0.299 e. The number of ketones is 1. The third-order valence-electron chi connectivity index (χ3n) is 2.51. The molecule has 5 heteroatoms. The molecular formula is C11H11NO4. The number of rotatable bonds is 3. The molecule has 5 nitrogen and oxygen atoms in total. The van der Waals surface area contributed by atoms with E-state index in [0.29, 0.717) is 6.42 Å². The summed E-state index contributed by atoms with van der Waals surface area (Å²) in [6.45, 7) is 0.159. The van der Waals surface area contributed by atoms with E-state index in [-0.39, 0.29) is 30.2 Å². The number of para-hydroxylation sites is 1. The summed E-state index contributed by atoms with van der Waals surface area (Å²) in [7, 11) is 0. The maximum atomic E-state index is 11.6. The molecule has 84 valence electrons. The highest BCUT2D eigenvalue weighted by molar-refractivity contribution is 6.52. The van der Waals surface area contributed by atoms with Gasteiger partial charge in [0.15, 0.2) is 0 Å². The van der Waals surface area contributed by atoms with Crippen LogP contribution in [0.2, 0.25) is 0 Å². The van der Waals surface area contributed by atoms with Gasteiger partial charge in [-0.25, -0.2) is 0 Å². The summed E-state index contributed by atoms with van der Waals surface area (Å²) in [5.41, 5.74) is 0.480. The predicted molar refractivity (Wildman–Crippen MR) is 56.5 cm³/mol. The second-order valence-corrected chi connectivity index (χ2v) is 3.54. The second-order valence-electron chi connectivity index (χ2n) is 3.54. The summed E-state index contributed by atoms with van der Waals surface area (Å²) in [5, 5.41) is 18.3. The normalized spacial score (nSPS) is 14.4. The van der Waals surface area contributed by atoms with Gasteiger partial charge in [0.2, 0.25) is 0 Å². The maximum Gasteiger partial charge on any atom is 0.299 e. The first-order chi connectivity index (χ1) is 7.66. The van der Waals surface area contributed by atoms with Crippen LogP contribution < -0.4 is 4.90 Å². The third-order valence-corrected chi connectivity index (χ3v) is 2.51. The number of aliphatic hydroxyl groups is 1. The van der Waals surface area contributed by atoms with E-state index in [2.05, 4.69) is 0 Å². The summed E-state index contributed by atoms with van der Waals surface area (Å²) >= 11 is 0. The fourth-order valence-electron chi connectivity index (χ4n) is 1.78. The van der Waals surface area contributed by atoms with Gasteiger partial charge in [-0.1, -0.05) is 6.07 Å². The molecule has 0 saturated carbocycles. The molecule has 16 heavy (non-hydrogen) atoms. The standard InChI is InChI=1S/C11H11NO4/c13-6-2-5-12-9-7(10(15)11(12)16)3-1-4-8(9)14/h1,3-4,13-14H,2,5-6H2. The zero-order valence-corrected chi connectivity index (χ0v) is 8.51. The zero-order valence-electron chi connectivity index (χ0n) is 8.51. The van der Waals surface area contributed by atoms with Gasteiger partial charge in [0.1, 0.15) is 5.75 Å². The number of anilines is 1. The van der Waals surface area contributed by atoms with Crippen LogP contribution in [0.25, 0.3) is 0 Å². The SMILES string of the molecule is O=C1C(=O)N(CCCO)c2c(O)cccc21. The lowest BCUT2D eigenvalue weighted by Gasteiger charge is -2.16. The Bertz CT molecular complexity index is 455. The number of amides is 1. The molecular weight excluding hydrogens is 210 g/mol. The maximum absolute atomic E-state index is 11.6. The van der Waals surface area contributed by atoms with Crippen molar-refractivity contribution in [2.45, 2.75) is 6.42 Å². The van der Waals surface area contributed by atoms with Crippen LogP contribution in [0, 0.1) is 0 Å². The fourth-order valence-corrected chi connectivity index (χ4v) is 1.78. The first-order valence-corrected chi connectivity index (χ1v) is 4.96. The number of hydrogen-bond donors (Lipinski definition) is 2. The number of nitrogens with zero attached hydrogens (tertiary/aromatic N) is 1. The van der Waals surface area contributed by atoms with Crippen LogP contribution in [-0.2, 0) is 4.79 Å². The first kappa shape index (κ1) is 10.6. The highest BCUT2D eigenvalue weighted by Crippen LogP contribution is 2.36. The fraction of sp³-hybridized carbons (Fsp3) is 0.273. The van der Waals surface area contributed by atoms with E-state index in [4.69, 9.17) is 5.11 Å². The second kappa shape index (κ2) is 3.94. The molecule has 0 spiro atoms. The van der Waals surface area contributed by atoms with Crippen molar-refractivity contribution in [1.82, 2.24) is 0 Å². The van der Waals surface area contributed by atoms with Gasteiger partial charge >= 0.3 is 0 Å². The van der Waals surface area contributed by atoms with Crippen LogP contribution in [0.1, 0.15) is 16.8 Å². The van der Waals surface area contributed by atoms with Gasteiger partial charge in [-0.2, -0.15) is 0 Å². The van der Waals surface area contributed by atoms with Crippen LogP contribution in [0.4, 0.5) is 5.69 Å². The third kappa shape index (κ3) is 1.45. The van der Waals surface area contributed by atoms with E-state index in [9.17, 15) is 14.7 Å². The summed E-state index contributed by atoms with van der Waals surface area (Å²) in [6.07, 6.45) is 0.368. The van der Waals surface area contributed by atoms with Crippen molar-refractivity contribution in [3.05, 3.63) is 23.8 Å². The average Bonchev–Trinajstić information content (AvgIpc) is 2.52. The summed E-state index contributed by atoms with van der Waals surface area (Å²) < 4.78 is 0. The Balaban J connectivity index is 2.43. The Morgan fingerprint density at radius 1 is 1.25 bits per heavy atom. The Morgan fingerprint density at radius 3 is 2.69 bits per heavy atom. The zero-order chi connectivity index (χ0) is 11.7. The van der Waals surface area contributed by atoms with Crippen LogP contribution >= 0.6 is 0 Å². The molecule has 1 heterocycles. The van der Waals surface area contributed by atoms with Crippen molar-refractivity contribution >= 4 is 17.4 Å². The van der Waals surface area contributed by atoms with E-state index < -0.39 is 11.7 Å². The lowest BCUT2D eigenvalue weighted by Crippen LogP contribution is -2.31. The van der Waals surface area contributed by atoms with Crippen molar-refractivity contribution in [2.75, 3.05) is 18.1 Å². The molecule has 0 saturated heterocycles. The lowest BCUT2D eigenvalue weighted by molar-refractivity contribution is -0.114. The Hall–Kier alpha value is -1.88. The molecule has 1 aliphatic heterocycles. The van der Waals surface area contributed by atoms with E-state index in [1.807, 2.05) is 0 Å². The van der Waals surface area contributed by atoms with E-state index >= 15 is 0 Å². The average molecular weight is 221 g/mol. The quantitative estimate of drug-likeness (QED) is 0.720. The number of fused-ring (bicyclic) bond motifs is 1. The Morgan fingerprint density at radius 2 is 2.00 bits per heavy atom. The Labute approximate surface area is 91.9 Å². The molecule has 2 rings (SSSR count). The van der Waals surface area contributed by atoms with Crippen LogP contribution in [-0.4, -0.2) is 35.1 Å². The van der Waals surface area contributed by atoms with Crippen molar-refractivity contribution in [3.8, 4) is 5.75 Å². The minimum absolute atomic E-state index is 0.0686.